The van der Waals surface area contributed by atoms with Gasteiger partial charge in [-0.05, 0) is 19.0 Å². The Morgan fingerprint density at radius 2 is 2.41 bits per heavy atom. The number of rotatable bonds is 4. The Hall–Kier alpha value is -1.36. The highest BCUT2D eigenvalue weighted by Gasteiger charge is 2.30. The maximum Gasteiger partial charge on any atom is 0.225 e. The third-order valence-electron chi connectivity index (χ3n) is 3.59. The summed E-state index contributed by atoms with van der Waals surface area (Å²) in [7, 11) is 3.79. The Morgan fingerprint density at radius 1 is 1.71 bits per heavy atom. The molecular formula is C12H20N4O. The van der Waals surface area contributed by atoms with Crippen LogP contribution in [0.15, 0.2) is 12.4 Å². The van der Waals surface area contributed by atoms with Crippen molar-refractivity contribution < 1.29 is 4.79 Å². The van der Waals surface area contributed by atoms with Gasteiger partial charge in [-0.1, -0.05) is 6.92 Å². The number of amides is 1. The van der Waals surface area contributed by atoms with Crippen LogP contribution < -0.4 is 5.32 Å². The number of aryl methyl sites for hydroxylation is 1. The lowest BCUT2D eigenvalue weighted by Gasteiger charge is -2.33. The van der Waals surface area contributed by atoms with Crippen molar-refractivity contribution in [3.8, 4) is 0 Å². The van der Waals surface area contributed by atoms with Crippen molar-refractivity contribution in [2.75, 3.05) is 20.1 Å². The number of nitrogens with one attached hydrogen (secondary N) is 1. The second-order valence-corrected chi connectivity index (χ2v) is 4.86. The standard InChI is InChI=1S/C12H20N4O/c1-9(10-6-13-7-10)12(17)16(3)8-11-14-4-5-15(11)2/h4-5,9-10,13H,6-8H2,1-3H3. The van der Waals surface area contributed by atoms with E-state index in [0.717, 1.165) is 18.9 Å². The number of aromatic nitrogens is 2. The normalized spacial score (nSPS) is 17.6. The molecule has 0 aliphatic carbocycles. The zero-order valence-corrected chi connectivity index (χ0v) is 10.7. The van der Waals surface area contributed by atoms with Gasteiger partial charge in [0.05, 0.1) is 6.54 Å². The van der Waals surface area contributed by atoms with Gasteiger partial charge >= 0.3 is 0 Å². The summed E-state index contributed by atoms with van der Waals surface area (Å²) in [6.45, 7) is 4.52. The Kier molecular flexibility index (Phi) is 3.47. The molecule has 2 heterocycles. The van der Waals surface area contributed by atoms with Crippen LogP contribution in [0.25, 0.3) is 0 Å². The molecule has 1 unspecified atom stereocenters. The monoisotopic (exact) mass is 236 g/mol. The molecular weight excluding hydrogens is 216 g/mol. The third kappa shape index (κ3) is 2.49. The fourth-order valence-electron chi connectivity index (χ4n) is 2.05. The molecule has 0 aromatic carbocycles. The first-order valence-corrected chi connectivity index (χ1v) is 6.01. The summed E-state index contributed by atoms with van der Waals surface area (Å²) in [6, 6.07) is 0. The minimum absolute atomic E-state index is 0.0986. The van der Waals surface area contributed by atoms with Gasteiger partial charge in [-0.25, -0.2) is 4.98 Å². The number of hydrogen-bond donors (Lipinski definition) is 1. The topological polar surface area (TPSA) is 50.2 Å². The van der Waals surface area contributed by atoms with Crippen molar-refractivity contribution in [1.29, 1.82) is 0 Å². The van der Waals surface area contributed by atoms with Gasteiger partial charge in [0.15, 0.2) is 0 Å². The van der Waals surface area contributed by atoms with Crippen molar-refractivity contribution in [1.82, 2.24) is 19.8 Å². The lowest BCUT2D eigenvalue weighted by atomic mass is 9.88. The van der Waals surface area contributed by atoms with Gasteiger partial charge in [-0.2, -0.15) is 0 Å². The first-order valence-electron chi connectivity index (χ1n) is 6.01. The zero-order chi connectivity index (χ0) is 12.4. The smallest absolute Gasteiger partial charge is 0.225 e. The van der Waals surface area contributed by atoms with Gasteiger partial charge in [0, 0.05) is 32.4 Å². The lowest BCUT2D eigenvalue weighted by molar-refractivity contribution is -0.136. The van der Waals surface area contributed by atoms with Gasteiger partial charge < -0.3 is 14.8 Å². The van der Waals surface area contributed by atoms with E-state index >= 15 is 0 Å². The van der Waals surface area contributed by atoms with E-state index < -0.39 is 0 Å². The van der Waals surface area contributed by atoms with Crippen LogP contribution >= 0.6 is 0 Å². The summed E-state index contributed by atoms with van der Waals surface area (Å²) in [5, 5.41) is 3.20. The van der Waals surface area contributed by atoms with E-state index in [0.29, 0.717) is 12.5 Å². The fourth-order valence-corrected chi connectivity index (χ4v) is 2.05. The average molecular weight is 236 g/mol. The molecule has 0 saturated carbocycles. The fraction of sp³-hybridized carbons (Fsp3) is 0.667. The van der Waals surface area contributed by atoms with E-state index in [4.69, 9.17) is 0 Å². The molecule has 0 radical (unpaired) electrons. The largest absolute Gasteiger partial charge is 0.338 e. The van der Waals surface area contributed by atoms with E-state index in [-0.39, 0.29) is 11.8 Å². The van der Waals surface area contributed by atoms with Gasteiger partial charge in [-0.15, -0.1) is 0 Å². The third-order valence-corrected chi connectivity index (χ3v) is 3.59. The minimum Gasteiger partial charge on any atom is -0.338 e. The second-order valence-electron chi connectivity index (χ2n) is 4.86. The Labute approximate surface area is 102 Å². The van der Waals surface area contributed by atoms with Crippen molar-refractivity contribution >= 4 is 5.91 Å². The Morgan fingerprint density at radius 3 is 2.88 bits per heavy atom. The molecule has 1 fully saturated rings. The van der Waals surface area contributed by atoms with Crippen LogP contribution in [0.3, 0.4) is 0 Å². The molecule has 0 spiro atoms. The van der Waals surface area contributed by atoms with Crippen molar-refractivity contribution in [2.24, 2.45) is 18.9 Å². The van der Waals surface area contributed by atoms with E-state index in [2.05, 4.69) is 10.3 Å². The van der Waals surface area contributed by atoms with Crippen molar-refractivity contribution in [3.63, 3.8) is 0 Å². The van der Waals surface area contributed by atoms with Gasteiger partial charge in [0.25, 0.3) is 0 Å². The van der Waals surface area contributed by atoms with Crippen LogP contribution in [-0.4, -0.2) is 40.5 Å². The number of hydrogen-bond acceptors (Lipinski definition) is 3. The van der Waals surface area contributed by atoms with E-state index in [1.807, 2.05) is 31.8 Å². The van der Waals surface area contributed by atoms with Crippen molar-refractivity contribution in [3.05, 3.63) is 18.2 Å². The second kappa shape index (κ2) is 4.87. The Bertz CT molecular complexity index is 397. The van der Waals surface area contributed by atoms with Crippen LogP contribution in [0.4, 0.5) is 0 Å². The maximum atomic E-state index is 12.2. The number of carbonyl (C=O) groups excluding carboxylic acids is 1. The van der Waals surface area contributed by atoms with Gasteiger partial charge in [-0.3, -0.25) is 4.79 Å². The molecule has 1 N–H and O–H groups in total. The van der Waals surface area contributed by atoms with E-state index in [1.54, 1.807) is 11.1 Å². The molecule has 5 heteroatoms. The first-order chi connectivity index (χ1) is 8.09. The molecule has 17 heavy (non-hydrogen) atoms. The molecule has 1 aliphatic rings. The highest BCUT2D eigenvalue weighted by Crippen LogP contribution is 2.18. The molecule has 1 amide bonds. The minimum atomic E-state index is 0.0986. The lowest BCUT2D eigenvalue weighted by Crippen LogP contribution is -2.49. The molecule has 5 nitrogen and oxygen atoms in total. The molecule has 0 bridgehead atoms. The molecule has 1 aromatic rings. The summed E-state index contributed by atoms with van der Waals surface area (Å²) < 4.78 is 1.94. The van der Waals surface area contributed by atoms with Crippen LogP contribution in [0, 0.1) is 11.8 Å². The van der Waals surface area contributed by atoms with Crippen LogP contribution in [-0.2, 0) is 18.4 Å². The molecule has 1 saturated heterocycles. The van der Waals surface area contributed by atoms with E-state index in [9.17, 15) is 4.79 Å². The zero-order valence-electron chi connectivity index (χ0n) is 10.7. The van der Waals surface area contributed by atoms with Gasteiger partial charge in [0.2, 0.25) is 5.91 Å². The number of carbonyl (C=O) groups is 1. The first kappa shape index (κ1) is 12.1. The Balaban J connectivity index is 1.93. The maximum absolute atomic E-state index is 12.2. The summed E-state index contributed by atoms with van der Waals surface area (Å²) in [5.74, 6) is 1.71. The van der Waals surface area contributed by atoms with Gasteiger partial charge in [0.1, 0.15) is 5.82 Å². The molecule has 2 rings (SSSR count). The summed E-state index contributed by atoms with van der Waals surface area (Å²) in [5.41, 5.74) is 0. The van der Waals surface area contributed by atoms with E-state index in [1.165, 1.54) is 0 Å². The highest BCUT2D eigenvalue weighted by atomic mass is 16.2. The number of imidazole rings is 1. The highest BCUT2D eigenvalue weighted by molar-refractivity contribution is 5.78. The quantitative estimate of drug-likeness (QED) is 0.814. The molecule has 1 aliphatic heterocycles. The summed E-state index contributed by atoms with van der Waals surface area (Å²) >= 11 is 0. The SMILES string of the molecule is CC(C(=O)N(C)Cc1nccn1C)C1CNC1. The molecule has 1 atom stereocenters. The molecule has 94 valence electrons. The summed E-state index contributed by atoms with van der Waals surface area (Å²) in [6.07, 6.45) is 3.65. The van der Waals surface area contributed by atoms with Crippen LogP contribution in [0.5, 0.6) is 0 Å². The van der Waals surface area contributed by atoms with Crippen molar-refractivity contribution in [2.45, 2.75) is 13.5 Å². The predicted molar refractivity (Wildman–Crippen MR) is 65.2 cm³/mol. The van der Waals surface area contributed by atoms with Crippen LogP contribution in [0.1, 0.15) is 12.7 Å². The average Bonchev–Trinajstić information content (AvgIpc) is 2.60. The predicted octanol–water partition coefficient (Wildman–Crippen LogP) is 0.234. The number of nitrogens with zero attached hydrogens (tertiary/aromatic N) is 3. The van der Waals surface area contributed by atoms with Crippen LogP contribution in [0.2, 0.25) is 0 Å². The molecule has 1 aromatic heterocycles. The summed E-state index contributed by atoms with van der Waals surface area (Å²) in [4.78, 5) is 18.2.